The number of carboxylic acid groups (broad SMARTS) is 1. The number of methoxy groups -OCH3 is 2. The van der Waals surface area contributed by atoms with Gasteiger partial charge in [0.25, 0.3) is 0 Å². The smallest absolute Gasteiger partial charge is 0.342 e. The summed E-state index contributed by atoms with van der Waals surface area (Å²) in [4.78, 5) is 31.0. The largest absolute Gasteiger partial charge is 0.493 e. The fraction of sp³-hybridized carbons (Fsp3) is 0.577. The van der Waals surface area contributed by atoms with Crippen molar-refractivity contribution in [2.45, 2.75) is 129 Å². The summed E-state index contributed by atoms with van der Waals surface area (Å²) in [6.45, 7) is 14.4. The molecule has 412 valence electrons. The summed E-state index contributed by atoms with van der Waals surface area (Å²) in [6, 6.07) is 6.30. The number of esters is 1. The first kappa shape index (κ1) is 61.3. The number of nitrogens with zero attached hydrogens (tertiary/aromatic N) is 6. The summed E-state index contributed by atoms with van der Waals surface area (Å²) in [5, 5.41) is 48.2. The van der Waals surface area contributed by atoms with E-state index in [0.29, 0.717) is 17.7 Å². The molecule has 23 nitrogen and oxygen atoms in total. The van der Waals surface area contributed by atoms with E-state index in [-0.39, 0.29) is 92.1 Å². The molecule has 2 fully saturated rings. The highest BCUT2D eigenvalue weighted by atomic mass is 16.8. The summed E-state index contributed by atoms with van der Waals surface area (Å²) in [6.07, 6.45) is 9.04. The van der Waals surface area contributed by atoms with Gasteiger partial charge >= 0.3 is 11.9 Å². The molecule has 0 amide bonds. The van der Waals surface area contributed by atoms with E-state index < -0.39 is 72.3 Å². The highest BCUT2D eigenvalue weighted by Gasteiger charge is 2.45. The highest BCUT2D eigenvalue weighted by molar-refractivity contribution is 5.98. The molecule has 0 aromatic heterocycles. The quantitative estimate of drug-likeness (QED) is 0.0164. The molecule has 10 atom stereocenters. The van der Waals surface area contributed by atoms with E-state index in [2.05, 4.69) is 20.1 Å². The van der Waals surface area contributed by atoms with E-state index in [0.717, 1.165) is 0 Å². The van der Waals surface area contributed by atoms with Gasteiger partial charge in [-0.3, -0.25) is 0 Å². The average Bonchev–Trinajstić information content (AvgIpc) is 3.86. The number of cyclic esters (lactones) is 1. The van der Waals surface area contributed by atoms with E-state index in [4.69, 9.17) is 63.2 Å². The number of rotatable bonds is 22. The minimum atomic E-state index is -1.23. The third-order valence-corrected chi connectivity index (χ3v) is 11.9. The molecule has 23 heteroatoms. The molecule has 2 aromatic carbocycles. The van der Waals surface area contributed by atoms with Gasteiger partial charge in [-0.15, -0.1) is 0 Å². The Kier molecular flexibility index (Phi) is 24.4. The fourth-order valence-corrected chi connectivity index (χ4v) is 7.90. The summed E-state index contributed by atoms with van der Waals surface area (Å²) < 4.78 is 62.4. The average molecular weight is 1050 g/mol. The Morgan fingerprint density at radius 2 is 1.44 bits per heavy atom. The topological polar surface area (TPSA) is 314 Å². The zero-order valence-electron chi connectivity index (χ0n) is 44.1. The maximum atomic E-state index is 13.5. The van der Waals surface area contributed by atoms with Crippen molar-refractivity contribution in [3.63, 3.8) is 0 Å². The van der Waals surface area contributed by atoms with Gasteiger partial charge in [0.05, 0.1) is 44.6 Å². The van der Waals surface area contributed by atoms with Crippen molar-refractivity contribution >= 4 is 24.1 Å². The van der Waals surface area contributed by atoms with Gasteiger partial charge in [0.1, 0.15) is 64.6 Å². The van der Waals surface area contributed by atoms with Crippen molar-refractivity contribution in [2.75, 3.05) is 54.1 Å². The van der Waals surface area contributed by atoms with Gasteiger partial charge in [-0.25, -0.2) is 9.59 Å². The number of aromatic carboxylic acids is 1. The number of carbonyl (C=O) groups excluding carboxylic acids is 1. The van der Waals surface area contributed by atoms with Crippen LogP contribution < -0.4 is 18.9 Å². The first-order valence-electron chi connectivity index (χ1n) is 24.4. The molecule has 0 radical (unpaired) electrons. The summed E-state index contributed by atoms with van der Waals surface area (Å²) in [5.74, 6) is -3.00. The first-order chi connectivity index (χ1) is 35.7. The summed E-state index contributed by atoms with van der Waals surface area (Å²) in [7, 11) is 2.90. The second-order valence-electron chi connectivity index (χ2n) is 18.6. The number of benzene rings is 2. The van der Waals surface area contributed by atoms with E-state index in [1.54, 1.807) is 102 Å². The van der Waals surface area contributed by atoms with Gasteiger partial charge < -0.3 is 72.5 Å². The van der Waals surface area contributed by atoms with Crippen molar-refractivity contribution in [2.24, 2.45) is 22.1 Å². The number of azide groups is 2. The van der Waals surface area contributed by atoms with E-state index in [9.17, 15) is 30.0 Å². The van der Waals surface area contributed by atoms with Crippen LogP contribution in [0, 0.1) is 11.8 Å². The molecule has 75 heavy (non-hydrogen) atoms. The van der Waals surface area contributed by atoms with Crippen molar-refractivity contribution in [3.8, 4) is 23.0 Å². The lowest BCUT2D eigenvalue weighted by Crippen LogP contribution is -2.34. The Morgan fingerprint density at radius 1 is 0.840 bits per heavy atom. The van der Waals surface area contributed by atoms with Gasteiger partial charge in [-0.1, -0.05) is 72.7 Å². The lowest BCUT2D eigenvalue weighted by Gasteiger charge is -2.23. The van der Waals surface area contributed by atoms with Crippen molar-refractivity contribution in [3.05, 3.63) is 104 Å². The molecule has 5 rings (SSSR count). The van der Waals surface area contributed by atoms with Gasteiger partial charge in [-0.2, -0.15) is 0 Å². The second-order valence-corrected chi connectivity index (χ2v) is 18.6. The Labute approximate surface area is 436 Å². The molecule has 0 spiro atoms. The van der Waals surface area contributed by atoms with Crippen molar-refractivity contribution in [1.29, 1.82) is 0 Å². The number of aliphatic hydroxyl groups is 3. The zero-order valence-corrected chi connectivity index (χ0v) is 44.1. The molecule has 2 saturated heterocycles. The molecule has 2 aromatic rings. The maximum Gasteiger partial charge on any atom is 0.342 e. The molecule has 4 N–H and O–H groups in total. The Bertz CT molecular complexity index is 2410. The fourth-order valence-electron chi connectivity index (χ4n) is 7.90. The first-order valence-corrected chi connectivity index (χ1v) is 24.4. The molecule has 2 unspecified atom stereocenters. The lowest BCUT2D eigenvalue weighted by molar-refractivity contribution is -0.152. The number of aliphatic hydroxyl groups excluding tert-OH is 3. The normalized spacial score (nSPS) is 24.7. The zero-order chi connectivity index (χ0) is 55.3. The minimum absolute atomic E-state index is 0.0431. The van der Waals surface area contributed by atoms with Crippen molar-refractivity contribution in [1.82, 2.24) is 0 Å². The number of fused-ring (bicyclic) bond motifs is 2. The van der Waals surface area contributed by atoms with Crippen molar-refractivity contribution < 1.29 is 82.1 Å². The molecular weight excluding hydrogens is 981 g/mol. The monoisotopic (exact) mass is 1050 g/mol. The molecule has 0 bridgehead atoms. The molecular formula is C52H72N6O17. The van der Waals surface area contributed by atoms with Crippen LogP contribution in [0.5, 0.6) is 23.0 Å². The number of hydrogen-bond acceptors (Lipinski definition) is 18. The molecule has 3 heterocycles. The van der Waals surface area contributed by atoms with Gasteiger partial charge in [0.2, 0.25) is 0 Å². The van der Waals surface area contributed by atoms with E-state index >= 15 is 0 Å². The van der Waals surface area contributed by atoms with Crippen LogP contribution in [-0.2, 0) is 33.2 Å². The number of carbonyl (C=O) groups is 2. The van der Waals surface area contributed by atoms with Crippen LogP contribution in [0.2, 0.25) is 0 Å². The van der Waals surface area contributed by atoms with Crippen LogP contribution >= 0.6 is 0 Å². The van der Waals surface area contributed by atoms with E-state index in [1.807, 2.05) is 19.9 Å². The maximum absolute atomic E-state index is 13.5. The van der Waals surface area contributed by atoms with Crippen LogP contribution in [0.1, 0.15) is 100 Å². The molecule has 0 saturated carbocycles. The van der Waals surface area contributed by atoms with E-state index in [1.165, 1.54) is 20.3 Å². The molecule has 0 aliphatic carbocycles. The van der Waals surface area contributed by atoms with Crippen LogP contribution in [0.25, 0.3) is 33.0 Å². The van der Waals surface area contributed by atoms with Gasteiger partial charge in [0, 0.05) is 41.1 Å². The summed E-state index contributed by atoms with van der Waals surface area (Å²) >= 11 is 0. The Balaban J connectivity index is 0.000000325. The Hall–Kier alpha value is -6.20. The number of hydrogen-bond donors (Lipinski definition) is 4. The van der Waals surface area contributed by atoms with Gasteiger partial charge in [-0.05, 0) is 95.6 Å². The van der Waals surface area contributed by atoms with Crippen LogP contribution in [0.15, 0.2) is 71.0 Å². The molecule has 3 aliphatic rings. The predicted octanol–water partition coefficient (Wildman–Crippen LogP) is 8.31. The predicted molar refractivity (Wildman–Crippen MR) is 274 cm³/mol. The van der Waals surface area contributed by atoms with Crippen LogP contribution in [-0.4, -0.2) is 147 Å². The third kappa shape index (κ3) is 18.5. The second kappa shape index (κ2) is 29.8. The van der Waals surface area contributed by atoms with Gasteiger partial charge in [0.15, 0.2) is 25.2 Å². The SMILES string of the molecule is COCOc1ccc(OCCN=[N+]=[N-])c(/C=C/C[C@@H]2OC(C)(C)O[C@@H]2C(O)/C=C\[C@@H](C)[C@H](C)O)c1C(=O)O.COCOc1ccc(OCCN=[N+]=[N-])c2c1C(=O)O[C@@H](C)[C@H](C)/C=C\C(O)[C@H]1OC(C)(C)O[C@H]1CC=C2. The summed E-state index contributed by atoms with van der Waals surface area (Å²) in [5.41, 5.74) is 17.8. The standard InChI is InChI=1S/C26H37N3O9.C26H35N3O8/c1-16(17(2)30)9-10-19(31)24-22(37-26(3,4)38-24)8-6-7-18-20(35-14-13-28-29-27)11-12-21(36-15-34-5)23(18)25(32)33;1-16-9-10-19(30)24-22(36-26(3,4)37-24)8-6-7-18-20(33-14-13-28-29-27)11-12-21(34-15-32-5)23(18)25(31)35-17(16)2/h6-7,9-12,16-17,19,22,24,30-31H,8,13-15H2,1-5H3,(H,32,33);6-7,9-12,16-17,19,22,24,30H,8,13-15H2,1-5H3/b7-6+,10-9-;7-6?,10-9-/t2*16-,17+,19?,22+,24-/m11/s1. The third-order valence-electron chi connectivity index (χ3n) is 11.9. The number of ether oxygens (including phenoxy) is 11. The lowest BCUT2D eigenvalue weighted by atomic mass is 9.98. The highest BCUT2D eigenvalue weighted by Crippen LogP contribution is 2.38. The minimum Gasteiger partial charge on any atom is -0.493 e. The Morgan fingerprint density at radius 3 is 2.07 bits per heavy atom. The van der Waals surface area contributed by atoms with Crippen LogP contribution in [0.4, 0.5) is 0 Å². The number of carboxylic acids is 1. The van der Waals surface area contributed by atoms with Crippen LogP contribution in [0.3, 0.4) is 0 Å². The molecule has 3 aliphatic heterocycles.